The zero-order valence-electron chi connectivity index (χ0n) is 25.3. The normalized spacial score (nSPS) is 11.1. The number of carbonyl (C=O) groups is 2. The molecule has 0 aliphatic carbocycles. The van der Waals surface area contributed by atoms with Crippen LogP contribution in [0.15, 0.2) is 41.3 Å². The summed E-state index contributed by atoms with van der Waals surface area (Å²) in [5, 5.41) is 11.9. The van der Waals surface area contributed by atoms with Crippen LogP contribution in [-0.4, -0.2) is 81.4 Å². The van der Waals surface area contributed by atoms with Crippen molar-refractivity contribution in [3.05, 3.63) is 69.1 Å². The Labute approximate surface area is 263 Å². The van der Waals surface area contributed by atoms with Crippen LogP contribution in [0.3, 0.4) is 0 Å². The fourth-order valence-electron chi connectivity index (χ4n) is 4.78. The van der Waals surface area contributed by atoms with Crippen molar-refractivity contribution in [1.82, 2.24) is 29.3 Å². The topological polar surface area (TPSA) is 197 Å². The van der Waals surface area contributed by atoms with Crippen LogP contribution in [0.1, 0.15) is 33.6 Å². The quantitative estimate of drug-likeness (QED) is 0.111. The van der Waals surface area contributed by atoms with E-state index in [1.807, 2.05) is 34.3 Å². The number of hydrogen-bond acceptors (Lipinski definition) is 10. The molecule has 0 spiro atoms. The van der Waals surface area contributed by atoms with Gasteiger partial charge < -0.3 is 40.8 Å². The maximum atomic E-state index is 13.0. The first-order valence-corrected chi connectivity index (χ1v) is 14.6. The van der Waals surface area contributed by atoms with Crippen LogP contribution in [0.4, 0.5) is 11.6 Å². The summed E-state index contributed by atoms with van der Waals surface area (Å²) in [5.74, 6) is 0.320. The number of fused-ring (bicyclic) bond motifs is 1. The first kappa shape index (κ1) is 33.2. The monoisotopic (exact) mass is 642 g/mol. The number of aliphatic hydroxyl groups excluding tert-OH is 1. The molecule has 0 aliphatic heterocycles. The minimum atomic E-state index is -0.579. The van der Waals surface area contributed by atoms with Gasteiger partial charge in [-0.05, 0) is 25.1 Å². The molecule has 0 bridgehead atoms. The predicted octanol–water partition coefficient (Wildman–Crippen LogP) is 0.438. The number of aliphatic hydroxyl groups is 1. The SMILES string of the molecule is CC[n+]1c(CNC(=O)c2nc(Cl)c(N)nc2N)n(CCOCCn2cc(C(=O)N(C)C)ccc2=O)c2cc(OCCO)ccc21. The molecule has 0 saturated heterocycles. The highest BCUT2D eigenvalue weighted by Gasteiger charge is 2.26. The van der Waals surface area contributed by atoms with Crippen molar-refractivity contribution in [3.8, 4) is 5.75 Å². The minimum absolute atomic E-state index is 0.0754. The number of pyridine rings is 1. The summed E-state index contributed by atoms with van der Waals surface area (Å²) in [6.07, 6.45) is 1.53. The number of anilines is 2. The van der Waals surface area contributed by atoms with Gasteiger partial charge in [0.1, 0.15) is 25.4 Å². The summed E-state index contributed by atoms with van der Waals surface area (Å²) in [4.78, 5) is 47.0. The van der Waals surface area contributed by atoms with Crippen molar-refractivity contribution in [2.24, 2.45) is 0 Å². The van der Waals surface area contributed by atoms with Crippen LogP contribution < -0.4 is 31.6 Å². The average molecular weight is 643 g/mol. The van der Waals surface area contributed by atoms with Crippen LogP contribution in [0.2, 0.25) is 5.15 Å². The number of nitrogens with zero attached hydrogens (tertiary/aromatic N) is 6. The molecule has 4 rings (SSSR count). The number of amides is 2. The third kappa shape index (κ3) is 7.68. The molecule has 0 unspecified atom stereocenters. The molecule has 3 aromatic heterocycles. The molecule has 240 valence electrons. The van der Waals surface area contributed by atoms with Crippen LogP contribution in [-0.2, 0) is 30.9 Å². The highest BCUT2D eigenvalue weighted by molar-refractivity contribution is 6.31. The van der Waals surface area contributed by atoms with Gasteiger partial charge in [-0.1, -0.05) is 11.6 Å². The van der Waals surface area contributed by atoms with Gasteiger partial charge in [-0.15, -0.1) is 0 Å². The van der Waals surface area contributed by atoms with E-state index in [1.165, 1.54) is 27.8 Å². The molecule has 3 heterocycles. The van der Waals surface area contributed by atoms with E-state index in [0.29, 0.717) is 24.4 Å². The molecule has 16 heteroatoms. The third-order valence-electron chi connectivity index (χ3n) is 6.93. The van der Waals surface area contributed by atoms with Crippen molar-refractivity contribution in [2.75, 3.05) is 52.0 Å². The molecular weight excluding hydrogens is 606 g/mol. The summed E-state index contributed by atoms with van der Waals surface area (Å²) in [6.45, 7) is 3.82. The number of nitrogens with one attached hydrogen (secondary N) is 1. The Morgan fingerprint density at radius 2 is 1.84 bits per heavy atom. The second kappa shape index (κ2) is 14.8. The Bertz CT molecular complexity index is 1750. The van der Waals surface area contributed by atoms with Crippen LogP contribution in [0.25, 0.3) is 11.0 Å². The van der Waals surface area contributed by atoms with E-state index >= 15 is 0 Å². The fourth-order valence-corrected chi connectivity index (χ4v) is 4.91. The Morgan fingerprint density at radius 1 is 1.09 bits per heavy atom. The molecule has 45 heavy (non-hydrogen) atoms. The maximum absolute atomic E-state index is 13.0. The molecule has 15 nitrogen and oxygen atoms in total. The van der Waals surface area contributed by atoms with Gasteiger partial charge in [0.25, 0.3) is 23.2 Å². The molecule has 0 atom stereocenters. The Kier molecular flexibility index (Phi) is 10.9. The highest BCUT2D eigenvalue weighted by atomic mass is 35.5. The van der Waals surface area contributed by atoms with Gasteiger partial charge >= 0.3 is 0 Å². The summed E-state index contributed by atoms with van der Waals surface area (Å²) in [5.41, 5.74) is 13.2. The molecule has 0 aliphatic rings. The first-order valence-electron chi connectivity index (χ1n) is 14.2. The Morgan fingerprint density at radius 3 is 2.56 bits per heavy atom. The maximum Gasteiger partial charge on any atom is 0.277 e. The van der Waals surface area contributed by atoms with Gasteiger partial charge in [0.05, 0.1) is 31.9 Å². The molecule has 6 N–H and O–H groups in total. The minimum Gasteiger partial charge on any atom is -0.491 e. The molecule has 0 radical (unpaired) electrons. The first-order chi connectivity index (χ1) is 21.5. The van der Waals surface area contributed by atoms with Gasteiger partial charge in [-0.25, -0.2) is 19.1 Å². The summed E-state index contributed by atoms with van der Waals surface area (Å²) < 4.78 is 17.1. The number of ether oxygens (including phenoxy) is 2. The number of aromatic nitrogens is 5. The lowest BCUT2D eigenvalue weighted by atomic mass is 10.2. The van der Waals surface area contributed by atoms with E-state index in [4.69, 9.17) is 32.5 Å². The van der Waals surface area contributed by atoms with E-state index in [-0.39, 0.29) is 73.5 Å². The van der Waals surface area contributed by atoms with E-state index in [9.17, 15) is 19.5 Å². The number of hydrogen-bond donors (Lipinski definition) is 4. The van der Waals surface area contributed by atoms with Crippen LogP contribution in [0, 0.1) is 0 Å². The fraction of sp³-hybridized carbons (Fsp3) is 0.379. The van der Waals surface area contributed by atoms with Gasteiger partial charge in [0, 0.05) is 39.0 Å². The lowest BCUT2D eigenvalue weighted by Gasteiger charge is -2.12. The number of carbonyl (C=O) groups excluding carboxylic acids is 2. The molecule has 1 aromatic carbocycles. The molecular formula is C29H37ClN9O6+. The second-order valence-corrected chi connectivity index (χ2v) is 10.5. The van der Waals surface area contributed by atoms with Crippen molar-refractivity contribution in [3.63, 3.8) is 0 Å². The Hall–Kier alpha value is -4.73. The van der Waals surface area contributed by atoms with Gasteiger partial charge in [-0.3, -0.25) is 14.4 Å². The number of rotatable bonds is 14. The van der Waals surface area contributed by atoms with Crippen molar-refractivity contribution in [2.45, 2.75) is 33.1 Å². The molecule has 0 fully saturated rings. The standard InChI is InChI=1S/C29H36ClN9O6/c1-4-38-20-7-6-19(45-14-11-40)15-21(20)39(22(38)16-33-28(42)24-26(31)35-27(32)25(30)34-24)10-13-44-12-9-37-17-18(5-8-23(37)41)29(43)36(2)3/h5-8,15,17,40H,4,9-14,16H2,1-3H3,(H4-,31,32,33,35,42)/p+1. The lowest BCUT2D eigenvalue weighted by molar-refractivity contribution is -0.676. The number of benzene rings is 1. The zero-order valence-corrected chi connectivity index (χ0v) is 26.1. The van der Waals surface area contributed by atoms with Crippen molar-refractivity contribution >= 4 is 46.1 Å². The van der Waals surface area contributed by atoms with E-state index in [0.717, 1.165) is 16.9 Å². The van der Waals surface area contributed by atoms with E-state index in [2.05, 4.69) is 15.3 Å². The average Bonchev–Trinajstić information content (AvgIpc) is 3.32. The molecule has 0 saturated carbocycles. The summed E-state index contributed by atoms with van der Waals surface area (Å²) >= 11 is 5.97. The lowest BCUT2D eigenvalue weighted by Crippen LogP contribution is -2.40. The molecule has 2 amide bonds. The smallest absolute Gasteiger partial charge is 0.277 e. The number of imidazole rings is 1. The highest BCUT2D eigenvalue weighted by Crippen LogP contribution is 2.22. The van der Waals surface area contributed by atoms with Gasteiger partial charge in [0.15, 0.2) is 33.5 Å². The Balaban J connectivity index is 1.55. The van der Waals surface area contributed by atoms with Gasteiger partial charge in [0.2, 0.25) is 0 Å². The number of nitrogen functional groups attached to an aromatic ring is 2. The third-order valence-corrected chi connectivity index (χ3v) is 7.21. The van der Waals surface area contributed by atoms with Crippen LogP contribution >= 0.6 is 11.6 Å². The van der Waals surface area contributed by atoms with E-state index in [1.54, 1.807) is 14.1 Å². The summed E-state index contributed by atoms with van der Waals surface area (Å²) in [6, 6.07) is 8.45. The van der Waals surface area contributed by atoms with E-state index < -0.39 is 5.91 Å². The van der Waals surface area contributed by atoms with Gasteiger partial charge in [-0.2, -0.15) is 0 Å². The van der Waals surface area contributed by atoms with Crippen LogP contribution in [0.5, 0.6) is 5.75 Å². The number of nitrogens with two attached hydrogens (primary N) is 2. The van der Waals surface area contributed by atoms with Crippen molar-refractivity contribution < 1.29 is 28.7 Å². The zero-order chi connectivity index (χ0) is 32.7. The second-order valence-electron chi connectivity index (χ2n) is 10.1. The number of aryl methyl sites for hydroxylation is 1. The number of halogens is 1. The summed E-state index contributed by atoms with van der Waals surface area (Å²) in [7, 11) is 3.29. The predicted molar refractivity (Wildman–Crippen MR) is 167 cm³/mol. The largest absolute Gasteiger partial charge is 0.491 e. The van der Waals surface area contributed by atoms with Crippen molar-refractivity contribution in [1.29, 1.82) is 0 Å². The molecule has 4 aromatic rings.